The predicted molar refractivity (Wildman–Crippen MR) is 93.0 cm³/mol. The molecule has 1 rings (SSSR count). The average Bonchev–Trinajstić information content (AvgIpc) is 2.57. The van der Waals surface area contributed by atoms with Crippen LogP contribution in [0.4, 0.5) is 0 Å². The van der Waals surface area contributed by atoms with E-state index in [2.05, 4.69) is 12.7 Å². The van der Waals surface area contributed by atoms with Gasteiger partial charge in [-0.05, 0) is 32.3 Å². The second-order valence-corrected chi connectivity index (χ2v) is 5.62. The maximum atomic E-state index is 11.8. The summed E-state index contributed by atoms with van der Waals surface area (Å²) in [4.78, 5) is 11.8. The number of carbonyl (C=O) groups excluding carboxylic acids is 1. The van der Waals surface area contributed by atoms with Crippen LogP contribution in [0.5, 0.6) is 0 Å². The Morgan fingerprint density at radius 1 is 1.17 bits per heavy atom. The SMILES string of the molecule is CCCCCCC(=C=C(C)C(=O)OCC)C(O)c1ccccc1. The van der Waals surface area contributed by atoms with Gasteiger partial charge in [-0.3, -0.25) is 0 Å². The van der Waals surface area contributed by atoms with E-state index in [9.17, 15) is 9.90 Å². The fraction of sp³-hybridized carbons (Fsp3) is 0.500. The highest BCUT2D eigenvalue weighted by Crippen LogP contribution is 2.25. The molecule has 0 aliphatic heterocycles. The van der Waals surface area contributed by atoms with Crippen LogP contribution in [0, 0.1) is 0 Å². The number of hydrogen-bond acceptors (Lipinski definition) is 3. The van der Waals surface area contributed by atoms with E-state index in [1.165, 1.54) is 6.42 Å². The lowest BCUT2D eigenvalue weighted by molar-refractivity contribution is -0.138. The highest BCUT2D eigenvalue weighted by molar-refractivity contribution is 5.87. The van der Waals surface area contributed by atoms with Crippen molar-refractivity contribution in [3.63, 3.8) is 0 Å². The largest absolute Gasteiger partial charge is 0.462 e. The molecular formula is C20H28O3. The van der Waals surface area contributed by atoms with Crippen LogP contribution in [-0.2, 0) is 9.53 Å². The lowest BCUT2D eigenvalue weighted by Crippen LogP contribution is -2.06. The van der Waals surface area contributed by atoms with E-state index in [1.54, 1.807) is 13.8 Å². The molecule has 0 bridgehead atoms. The van der Waals surface area contributed by atoms with Gasteiger partial charge < -0.3 is 9.84 Å². The van der Waals surface area contributed by atoms with E-state index in [1.807, 2.05) is 30.3 Å². The van der Waals surface area contributed by atoms with Gasteiger partial charge >= 0.3 is 5.97 Å². The van der Waals surface area contributed by atoms with E-state index in [-0.39, 0.29) is 5.97 Å². The number of aliphatic hydroxyl groups excluding tert-OH is 1. The molecule has 0 aromatic heterocycles. The molecule has 23 heavy (non-hydrogen) atoms. The van der Waals surface area contributed by atoms with Gasteiger partial charge in [0.05, 0.1) is 12.2 Å². The van der Waals surface area contributed by atoms with E-state index in [4.69, 9.17) is 4.74 Å². The third kappa shape index (κ3) is 6.85. The van der Waals surface area contributed by atoms with Crippen molar-refractivity contribution < 1.29 is 14.6 Å². The number of hydrogen-bond donors (Lipinski definition) is 1. The Kier molecular flexibility index (Phi) is 9.04. The van der Waals surface area contributed by atoms with Crippen LogP contribution in [0.3, 0.4) is 0 Å². The number of ether oxygens (including phenoxy) is 1. The second-order valence-electron chi connectivity index (χ2n) is 5.62. The summed E-state index contributed by atoms with van der Waals surface area (Å²) in [7, 11) is 0. The first-order valence-corrected chi connectivity index (χ1v) is 8.46. The van der Waals surface area contributed by atoms with Crippen molar-refractivity contribution in [2.75, 3.05) is 6.61 Å². The molecule has 1 N–H and O–H groups in total. The molecule has 0 aliphatic carbocycles. The molecule has 0 spiro atoms. The fourth-order valence-corrected chi connectivity index (χ4v) is 2.38. The molecule has 1 aromatic carbocycles. The summed E-state index contributed by atoms with van der Waals surface area (Å²) < 4.78 is 5.00. The third-order valence-electron chi connectivity index (χ3n) is 3.67. The quantitative estimate of drug-likeness (QED) is 0.310. The molecule has 0 radical (unpaired) electrons. The van der Waals surface area contributed by atoms with Crippen molar-refractivity contribution in [3.8, 4) is 0 Å². The van der Waals surface area contributed by atoms with Crippen molar-refractivity contribution in [3.05, 3.63) is 52.8 Å². The van der Waals surface area contributed by atoms with Crippen LogP contribution >= 0.6 is 0 Å². The molecule has 3 heteroatoms. The zero-order valence-corrected chi connectivity index (χ0v) is 14.5. The third-order valence-corrected chi connectivity index (χ3v) is 3.67. The monoisotopic (exact) mass is 316 g/mol. The Morgan fingerprint density at radius 2 is 1.87 bits per heavy atom. The summed E-state index contributed by atoms with van der Waals surface area (Å²) in [5.74, 6) is -0.376. The van der Waals surface area contributed by atoms with Crippen LogP contribution in [0.2, 0.25) is 0 Å². The van der Waals surface area contributed by atoms with Crippen LogP contribution < -0.4 is 0 Å². The minimum absolute atomic E-state index is 0.338. The number of rotatable bonds is 9. The van der Waals surface area contributed by atoms with Gasteiger partial charge in [0.1, 0.15) is 6.10 Å². The molecule has 1 atom stereocenters. The van der Waals surface area contributed by atoms with E-state index < -0.39 is 6.10 Å². The van der Waals surface area contributed by atoms with Gasteiger partial charge in [-0.25, -0.2) is 4.79 Å². The summed E-state index contributed by atoms with van der Waals surface area (Å²) in [5, 5.41) is 10.6. The molecule has 0 amide bonds. The molecule has 3 nitrogen and oxygen atoms in total. The first-order valence-electron chi connectivity index (χ1n) is 8.46. The van der Waals surface area contributed by atoms with Gasteiger partial charge in [-0.1, -0.05) is 56.5 Å². The van der Waals surface area contributed by atoms with Crippen LogP contribution in [0.15, 0.2) is 47.2 Å². The van der Waals surface area contributed by atoms with Crippen molar-refractivity contribution in [1.82, 2.24) is 0 Å². The van der Waals surface area contributed by atoms with Crippen molar-refractivity contribution >= 4 is 5.97 Å². The first kappa shape index (κ1) is 19.2. The molecule has 0 heterocycles. The van der Waals surface area contributed by atoms with E-state index >= 15 is 0 Å². The Hall–Kier alpha value is -1.83. The summed E-state index contributed by atoms with van der Waals surface area (Å²) in [6.07, 6.45) is 4.43. The zero-order chi connectivity index (χ0) is 17.1. The molecule has 1 unspecified atom stereocenters. The maximum Gasteiger partial charge on any atom is 0.341 e. The Labute approximate surface area is 139 Å². The highest BCUT2D eigenvalue weighted by Gasteiger charge is 2.14. The Balaban J connectivity index is 3.01. The fourth-order valence-electron chi connectivity index (χ4n) is 2.38. The number of esters is 1. The average molecular weight is 316 g/mol. The predicted octanol–water partition coefficient (Wildman–Crippen LogP) is 4.73. The van der Waals surface area contributed by atoms with Crippen LogP contribution in [-0.4, -0.2) is 17.7 Å². The van der Waals surface area contributed by atoms with Gasteiger partial charge in [0, 0.05) is 5.57 Å². The molecule has 0 fully saturated rings. The molecule has 0 aliphatic rings. The normalized spacial score (nSPS) is 11.5. The van der Waals surface area contributed by atoms with Gasteiger partial charge in [-0.15, -0.1) is 5.73 Å². The summed E-state index contributed by atoms with van der Waals surface area (Å²) in [5.41, 5.74) is 5.06. The van der Waals surface area contributed by atoms with E-state index in [0.29, 0.717) is 12.2 Å². The first-order chi connectivity index (χ1) is 11.1. The number of aliphatic hydroxyl groups is 1. The smallest absolute Gasteiger partial charge is 0.341 e. The minimum atomic E-state index is -0.734. The van der Waals surface area contributed by atoms with Crippen molar-refractivity contribution in [2.24, 2.45) is 0 Å². The lowest BCUT2D eigenvalue weighted by atomic mass is 9.96. The summed E-state index contributed by atoms with van der Waals surface area (Å²) in [6.45, 7) is 5.96. The number of carbonyl (C=O) groups is 1. The topological polar surface area (TPSA) is 46.5 Å². The standard InChI is InChI=1S/C20H28O3/c1-4-6-7-9-14-18(15-16(3)20(22)23-5-2)19(21)17-12-10-8-11-13-17/h8,10-13,19,21H,4-7,9,14H2,1-3H3. The Morgan fingerprint density at radius 3 is 2.48 bits per heavy atom. The van der Waals surface area contributed by atoms with Crippen molar-refractivity contribution in [2.45, 2.75) is 59.0 Å². The molecule has 0 saturated carbocycles. The minimum Gasteiger partial charge on any atom is -0.462 e. The molecule has 126 valence electrons. The van der Waals surface area contributed by atoms with Crippen LogP contribution in [0.25, 0.3) is 0 Å². The number of unbranched alkanes of at least 4 members (excludes halogenated alkanes) is 3. The van der Waals surface area contributed by atoms with Gasteiger partial charge in [0.2, 0.25) is 0 Å². The van der Waals surface area contributed by atoms with E-state index in [0.717, 1.165) is 36.8 Å². The molecule has 1 aromatic rings. The summed E-state index contributed by atoms with van der Waals surface area (Å²) >= 11 is 0. The summed E-state index contributed by atoms with van der Waals surface area (Å²) in [6, 6.07) is 9.49. The lowest BCUT2D eigenvalue weighted by Gasteiger charge is -2.14. The number of benzene rings is 1. The molecular weight excluding hydrogens is 288 g/mol. The van der Waals surface area contributed by atoms with Crippen molar-refractivity contribution in [1.29, 1.82) is 0 Å². The molecule has 0 saturated heterocycles. The van der Waals surface area contributed by atoms with Gasteiger partial charge in [0.15, 0.2) is 0 Å². The van der Waals surface area contributed by atoms with Gasteiger partial charge in [-0.2, -0.15) is 0 Å². The van der Waals surface area contributed by atoms with Gasteiger partial charge in [0.25, 0.3) is 0 Å². The van der Waals surface area contributed by atoms with Crippen LogP contribution in [0.1, 0.15) is 64.5 Å². The second kappa shape index (κ2) is 10.8. The highest BCUT2D eigenvalue weighted by atomic mass is 16.5. The Bertz CT molecular complexity index is 539. The maximum absolute atomic E-state index is 11.8. The zero-order valence-electron chi connectivity index (χ0n) is 14.5.